The lowest BCUT2D eigenvalue weighted by molar-refractivity contribution is -0.127. The summed E-state index contributed by atoms with van der Waals surface area (Å²) >= 11 is 0. The van der Waals surface area contributed by atoms with E-state index in [0.717, 1.165) is 5.56 Å². The topological polar surface area (TPSA) is 87.7 Å². The van der Waals surface area contributed by atoms with Gasteiger partial charge in [-0.05, 0) is 43.7 Å². The highest BCUT2D eigenvalue weighted by Crippen LogP contribution is 2.09. The van der Waals surface area contributed by atoms with Crippen LogP contribution in [-0.4, -0.2) is 48.9 Å². The highest BCUT2D eigenvalue weighted by atomic mass is 16.5. The molecule has 0 radical (unpaired) electrons. The SMILES string of the molecule is CC(C)N(C)C(=O)c1ccc(CNC(=O)CNC(=O)COc2ccccc2)cc1. The van der Waals surface area contributed by atoms with Crippen molar-refractivity contribution in [2.75, 3.05) is 20.2 Å². The summed E-state index contributed by atoms with van der Waals surface area (Å²) in [6.07, 6.45) is 0. The monoisotopic (exact) mass is 397 g/mol. The molecule has 29 heavy (non-hydrogen) atoms. The van der Waals surface area contributed by atoms with Crippen molar-refractivity contribution in [3.8, 4) is 5.75 Å². The molecular weight excluding hydrogens is 370 g/mol. The van der Waals surface area contributed by atoms with Gasteiger partial charge in [-0.1, -0.05) is 30.3 Å². The van der Waals surface area contributed by atoms with Crippen LogP contribution in [0.1, 0.15) is 29.8 Å². The van der Waals surface area contributed by atoms with Gasteiger partial charge in [0.2, 0.25) is 5.91 Å². The van der Waals surface area contributed by atoms with Gasteiger partial charge in [-0.3, -0.25) is 14.4 Å². The normalized spacial score (nSPS) is 10.3. The fraction of sp³-hybridized carbons (Fsp3) is 0.318. The van der Waals surface area contributed by atoms with E-state index >= 15 is 0 Å². The van der Waals surface area contributed by atoms with Gasteiger partial charge in [-0.15, -0.1) is 0 Å². The minimum absolute atomic E-state index is 0.0454. The number of nitrogens with one attached hydrogen (secondary N) is 2. The average molecular weight is 397 g/mol. The molecule has 7 heteroatoms. The summed E-state index contributed by atoms with van der Waals surface area (Å²) in [6, 6.07) is 16.2. The third-order valence-corrected chi connectivity index (χ3v) is 4.34. The maximum Gasteiger partial charge on any atom is 0.258 e. The minimum atomic E-state index is -0.374. The van der Waals surface area contributed by atoms with E-state index in [9.17, 15) is 14.4 Å². The van der Waals surface area contributed by atoms with Gasteiger partial charge < -0.3 is 20.3 Å². The molecular formula is C22H27N3O4. The molecule has 0 aromatic heterocycles. The van der Waals surface area contributed by atoms with Crippen molar-refractivity contribution in [2.45, 2.75) is 26.4 Å². The molecule has 0 aliphatic carbocycles. The Morgan fingerprint density at radius 1 is 0.931 bits per heavy atom. The summed E-state index contributed by atoms with van der Waals surface area (Å²) in [4.78, 5) is 37.6. The molecule has 3 amide bonds. The van der Waals surface area contributed by atoms with E-state index < -0.39 is 0 Å². The van der Waals surface area contributed by atoms with Crippen LogP contribution < -0.4 is 15.4 Å². The van der Waals surface area contributed by atoms with Crippen molar-refractivity contribution >= 4 is 17.7 Å². The van der Waals surface area contributed by atoms with Gasteiger partial charge in [0.05, 0.1) is 6.54 Å². The molecule has 0 spiro atoms. The third kappa shape index (κ3) is 7.29. The van der Waals surface area contributed by atoms with Crippen molar-refractivity contribution in [3.05, 3.63) is 65.7 Å². The highest BCUT2D eigenvalue weighted by Gasteiger charge is 2.14. The quantitative estimate of drug-likeness (QED) is 0.677. The summed E-state index contributed by atoms with van der Waals surface area (Å²) in [7, 11) is 1.76. The number of carbonyl (C=O) groups excluding carboxylic acids is 3. The zero-order valence-electron chi connectivity index (χ0n) is 17.0. The van der Waals surface area contributed by atoms with Crippen LogP contribution in [0, 0.1) is 0 Å². The number of amides is 3. The lowest BCUT2D eigenvalue weighted by atomic mass is 10.1. The van der Waals surface area contributed by atoms with Crippen molar-refractivity contribution in [2.24, 2.45) is 0 Å². The van der Waals surface area contributed by atoms with Crippen molar-refractivity contribution < 1.29 is 19.1 Å². The number of carbonyl (C=O) groups is 3. The zero-order valence-corrected chi connectivity index (χ0v) is 17.0. The van der Waals surface area contributed by atoms with Gasteiger partial charge in [0.15, 0.2) is 6.61 Å². The van der Waals surface area contributed by atoms with Crippen LogP contribution in [0.15, 0.2) is 54.6 Å². The maximum atomic E-state index is 12.3. The number of rotatable bonds is 9. The molecule has 2 aromatic rings. The number of benzene rings is 2. The first-order chi connectivity index (χ1) is 13.9. The first-order valence-corrected chi connectivity index (χ1v) is 9.44. The molecule has 0 unspecified atom stereocenters. The van der Waals surface area contributed by atoms with E-state index in [2.05, 4.69) is 10.6 Å². The summed E-state index contributed by atoms with van der Waals surface area (Å²) in [5.74, 6) is -0.136. The minimum Gasteiger partial charge on any atom is -0.484 e. The van der Waals surface area contributed by atoms with Gasteiger partial charge in [-0.25, -0.2) is 0 Å². The molecule has 0 saturated carbocycles. The van der Waals surface area contributed by atoms with E-state index in [4.69, 9.17) is 4.74 Å². The van der Waals surface area contributed by atoms with Crippen LogP contribution in [0.4, 0.5) is 0 Å². The Labute approximate surface area is 171 Å². The molecule has 2 rings (SSSR count). The van der Waals surface area contributed by atoms with Gasteiger partial charge in [0.25, 0.3) is 11.8 Å². The fourth-order valence-corrected chi connectivity index (χ4v) is 2.36. The van der Waals surface area contributed by atoms with E-state index in [0.29, 0.717) is 17.9 Å². The third-order valence-electron chi connectivity index (χ3n) is 4.34. The molecule has 0 heterocycles. The van der Waals surface area contributed by atoms with Crippen LogP contribution >= 0.6 is 0 Å². The Bertz CT molecular complexity index is 820. The lowest BCUT2D eigenvalue weighted by Crippen LogP contribution is -2.38. The van der Waals surface area contributed by atoms with Crippen LogP contribution in [0.25, 0.3) is 0 Å². The first kappa shape index (κ1) is 21.9. The lowest BCUT2D eigenvalue weighted by Gasteiger charge is -2.21. The molecule has 0 aliphatic heterocycles. The van der Waals surface area contributed by atoms with Gasteiger partial charge in [0, 0.05) is 25.2 Å². The largest absolute Gasteiger partial charge is 0.484 e. The predicted molar refractivity (Wildman–Crippen MR) is 110 cm³/mol. The Balaban J connectivity index is 1.70. The van der Waals surface area contributed by atoms with Crippen LogP contribution in [0.3, 0.4) is 0 Å². The van der Waals surface area contributed by atoms with Crippen LogP contribution in [0.5, 0.6) is 5.75 Å². The first-order valence-electron chi connectivity index (χ1n) is 9.44. The highest BCUT2D eigenvalue weighted by molar-refractivity contribution is 5.94. The smallest absolute Gasteiger partial charge is 0.258 e. The van der Waals surface area contributed by atoms with Crippen molar-refractivity contribution in [1.82, 2.24) is 15.5 Å². The second-order valence-corrected chi connectivity index (χ2v) is 6.86. The zero-order chi connectivity index (χ0) is 21.2. The second-order valence-electron chi connectivity index (χ2n) is 6.86. The predicted octanol–water partition coefficient (Wildman–Crippen LogP) is 1.98. The Hall–Kier alpha value is -3.35. The van der Waals surface area contributed by atoms with Crippen LogP contribution in [0.2, 0.25) is 0 Å². The summed E-state index contributed by atoms with van der Waals surface area (Å²) in [6.45, 7) is 3.93. The van der Waals surface area contributed by atoms with Gasteiger partial charge >= 0.3 is 0 Å². The Morgan fingerprint density at radius 2 is 1.59 bits per heavy atom. The number of ether oxygens (including phenoxy) is 1. The standard InChI is InChI=1S/C22H27N3O4/c1-16(2)25(3)22(28)18-11-9-17(10-12-18)13-23-20(26)14-24-21(27)15-29-19-7-5-4-6-8-19/h4-12,16H,13-15H2,1-3H3,(H,23,26)(H,24,27). The maximum absolute atomic E-state index is 12.3. The van der Waals surface area contributed by atoms with Crippen LogP contribution in [-0.2, 0) is 16.1 Å². The molecule has 0 aliphatic rings. The summed E-state index contributed by atoms with van der Waals surface area (Å²) in [5.41, 5.74) is 1.46. The number of nitrogens with zero attached hydrogens (tertiary/aromatic N) is 1. The van der Waals surface area contributed by atoms with E-state index in [1.54, 1.807) is 48.3 Å². The molecule has 2 aromatic carbocycles. The van der Waals surface area contributed by atoms with Crippen molar-refractivity contribution in [3.63, 3.8) is 0 Å². The second kappa shape index (κ2) is 10.8. The summed E-state index contributed by atoms with van der Waals surface area (Å²) in [5, 5.41) is 5.24. The molecule has 2 N–H and O–H groups in total. The summed E-state index contributed by atoms with van der Waals surface area (Å²) < 4.78 is 5.32. The molecule has 154 valence electrons. The van der Waals surface area contributed by atoms with E-state index in [1.165, 1.54) is 0 Å². The molecule has 0 atom stereocenters. The molecule has 0 bridgehead atoms. The molecule has 0 saturated heterocycles. The Morgan fingerprint density at radius 3 is 2.21 bits per heavy atom. The number of hydrogen-bond acceptors (Lipinski definition) is 4. The Kier molecular flexibility index (Phi) is 8.21. The van der Waals surface area contributed by atoms with Crippen molar-refractivity contribution in [1.29, 1.82) is 0 Å². The van der Waals surface area contributed by atoms with E-state index in [1.807, 2.05) is 32.0 Å². The van der Waals surface area contributed by atoms with Gasteiger partial charge in [-0.2, -0.15) is 0 Å². The average Bonchev–Trinajstić information content (AvgIpc) is 2.74. The fourth-order valence-electron chi connectivity index (χ4n) is 2.36. The van der Waals surface area contributed by atoms with Gasteiger partial charge in [0.1, 0.15) is 5.75 Å². The molecule has 0 fully saturated rings. The number of hydrogen-bond donors (Lipinski definition) is 2. The van der Waals surface area contributed by atoms with E-state index in [-0.39, 0.29) is 36.9 Å². The number of para-hydroxylation sites is 1. The molecule has 7 nitrogen and oxygen atoms in total.